The Kier molecular flexibility index (Phi) is 4.63. The van der Waals surface area contributed by atoms with E-state index in [1.165, 1.54) is 24.3 Å². The van der Waals surface area contributed by atoms with E-state index in [0.29, 0.717) is 11.1 Å². The molecule has 0 spiro atoms. The number of fused-ring (bicyclic) bond motifs is 1. The van der Waals surface area contributed by atoms with Crippen molar-refractivity contribution in [3.8, 4) is 11.5 Å². The topological polar surface area (TPSA) is 66.8 Å². The molecule has 2 N–H and O–H groups in total. The summed E-state index contributed by atoms with van der Waals surface area (Å²) in [5.41, 5.74) is -0.237. The molecule has 28 heavy (non-hydrogen) atoms. The standard InChI is InChI=1S/C20H10Cl4O4/c21-15-13-14(16(22)18(24)17(15)23)20(28-19(13)27,9-1-5-11(25)6-2-9)10-3-7-12(26)8-4-10/h1-8,25-26H. The maximum atomic E-state index is 12.8. The van der Waals surface area contributed by atoms with Crippen molar-refractivity contribution in [2.24, 2.45) is 0 Å². The van der Waals surface area contributed by atoms with Crippen molar-refractivity contribution in [2.75, 3.05) is 0 Å². The van der Waals surface area contributed by atoms with Gasteiger partial charge in [-0.1, -0.05) is 70.7 Å². The Hall–Kier alpha value is -2.11. The van der Waals surface area contributed by atoms with Gasteiger partial charge in [0.05, 0.1) is 25.7 Å². The molecule has 0 bridgehead atoms. The third-order valence-corrected chi connectivity index (χ3v) is 6.42. The van der Waals surface area contributed by atoms with Crippen molar-refractivity contribution < 1.29 is 19.7 Å². The number of hydrogen-bond donors (Lipinski definition) is 2. The molecule has 4 nitrogen and oxygen atoms in total. The molecule has 0 saturated carbocycles. The summed E-state index contributed by atoms with van der Waals surface area (Å²) < 4.78 is 5.85. The molecule has 4 rings (SSSR count). The van der Waals surface area contributed by atoms with Gasteiger partial charge >= 0.3 is 5.97 Å². The summed E-state index contributed by atoms with van der Waals surface area (Å²) in [6.07, 6.45) is 0. The number of carbonyl (C=O) groups excluding carboxylic acids is 1. The van der Waals surface area contributed by atoms with Gasteiger partial charge in [0.25, 0.3) is 0 Å². The number of aromatic hydroxyl groups is 2. The molecule has 1 aliphatic heterocycles. The molecule has 1 heterocycles. The lowest BCUT2D eigenvalue weighted by Gasteiger charge is -2.31. The van der Waals surface area contributed by atoms with Crippen molar-refractivity contribution in [1.82, 2.24) is 0 Å². The first-order valence-corrected chi connectivity index (χ1v) is 9.47. The molecule has 0 amide bonds. The smallest absolute Gasteiger partial charge is 0.341 e. The molecular weight excluding hydrogens is 446 g/mol. The first-order valence-electron chi connectivity index (χ1n) is 7.96. The fourth-order valence-corrected chi connectivity index (χ4v) is 4.42. The van der Waals surface area contributed by atoms with Gasteiger partial charge < -0.3 is 14.9 Å². The molecule has 3 aromatic rings. The zero-order valence-electron chi connectivity index (χ0n) is 13.8. The van der Waals surface area contributed by atoms with Crippen LogP contribution in [0.25, 0.3) is 0 Å². The third kappa shape index (κ3) is 2.64. The number of benzene rings is 3. The number of cyclic esters (lactones) is 1. The van der Waals surface area contributed by atoms with E-state index in [0.717, 1.165) is 0 Å². The molecule has 0 fully saturated rings. The van der Waals surface area contributed by atoms with Gasteiger partial charge in [0.2, 0.25) is 0 Å². The van der Waals surface area contributed by atoms with Crippen LogP contribution >= 0.6 is 46.4 Å². The van der Waals surface area contributed by atoms with Crippen molar-refractivity contribution in [2.45, 2.75) is 5.60 Å². The monoisotopic (exact) mass is 454 g/mol. The second-order valence-corrected chi connectivity index (χ2v) is 7.68. The fraction of sp³-hybridized carbons (Fsp3) is 0.0500. The van der Waals surface area contributed by atoms with Gasteiger partial charge in [-0.05, 0) is 24.3 Å². The summed E-state index contributed by atoms with van der Waals surface area (Å²) in [5.74, 6) is -0.651. The van der Waals surface area contributed by atoms with Crippen LogP contribution in [-0.2, 0) is 10.3 Å². The minimum absolute atomic E-state index is 0.00712. The van der Waals surface area contributed by atoms with Crippen LogP contribution in [0.1, 0.15) is 27.0 Å². The van der Waals surface area contributed by atoms with E-state index < -0.39 is 11.6 Å². The Labute approximate surface area is 179 Å². The van der Waals surface area contributed by atoms with Gasteiger partial charge in [-0.15, -0.1) is 0 Å². The minimum atomic E-state index is -1.50. The lowest BCUT2D eigenvalue weighted by molar-refractivity contribution is 0.0252. The number of hydrogen-bond acceptors (Lipinski definition) is 4. The molecule has 3 aromatic carbocycles. The summed E-state index contributed by atoms with van der Waals surface area (Å²) in [6, 6.07) is 12.2. The number of phenolic OH excluding ortho intramolecular Hbond substituents is 2. The number of ether oxygens (including phenoxy) is 1. The SMILES string of the molecule is O=C1OC(c2ccc(O)cc2)(c2ccc(O)cc2)c2c(Cl)c(Cl)c(Cl)c(Cl)c21. The number of rotatable bonds is 2. The quantitative estimate of drug-likeness (QED) is 0.275. The molecule has 0 unspecified atom stereocenters. The van der Waals surface area contributed by atoms with Gasteiger partial charge in [0.15, 0.2) is 5.60 Å². The Bertz CT molecular complexity index is 1060. The number of phenols is 2. The molecule has 142 valence electrons. The molecule has 0 aromatic heterocycles. The predicted octanol–water partition coefficient (Wildman–Crippen LogP) is 6.17. The first kappa shape index (κ1) is 19.2. The highest BCUT2D eigenvalue weighted by molar-refractivity contribution is 6.53. The molecule has 0 aliphatic carbocycles. The second kappa shape index (κ2) is 6.75. The van der Waals surface area contributed by atoms with E-state index in [2.05, 4.69) is 0 Å². The summed E-state index contributed by atoms with van der Waals surface area (Å²) in [5, 5.41) is 19.3. The molecule has 8 heteroatoms. The third-order valence-electron chi connectivity index (χ3n) is 4.62. The zero-order valence-corrected chi connectivity index (χ0v) is 16.9. The van der Waals surface area contributed by atoms with E-state index in [1.807, 2.05) is 0 Å². The highest BCUT2D eigenvalue weighted by Gasteiger charge is 2.52. The largest absolute Gasteiger partial charge is 0.508 e. The van der Waals surface area contributed by atoms with E-state index >= 15 is 0 Å². The number of carbonyl (C=O) groups is 1. The van der Waals surface area contributed by atoms with E-state index in [-0.39, 0.29) is 42.7 Å². The zero-order chi connectivity index (χ0) is 20.2. The van der Waals surface area contributed by atoms with Gasteiger partial charge in [0, 0.05) is 16.7 Å². The van der Waals surface area contributed by atoms with E-state index in [1.54, 1.807) is 24.3 Å². The summed E-state index contributed by atoms with van der Waals surface area (Å²) in [4.78, 5) is 12.8. The van der Waals surface area contributed by atoms with Crippen LogP contribution in [-0.4, -0.2) is 16.2 Å². The maximum Gasteiger partial charge on any atom is 0.341 e. The minimum Gasteiger partial charge on any atom is -0.508 e. The van der Waals surface area contributed by atoms with Crippen molar-refractivity contribution in [1.29, 1.82) is 0 Å². The van der Waals surface area contributed by atoms with Crippen LogP contribution in [0.15, 0.2) is 48.5 Å². The van der Waals surface area contributed by atoms with Gasteiger partial charge in [0.1, 0.15) is 11.5 Å². The Morgan fingerprint density at radius 3 is 1.57 bits per heavy atom. The molecule has 1 aliphatic rings. The van der Waals surface area contributed by atoms with Gasteiger partial charge in [-0.3, -0.25) is 0 Å². The van der Waals surface area contributed by atoms with Crippen LogP contribution in [0.3, 0.4) is 0 Å². The van der Waals surface area contributed by atoms with Crippen molar-refractivity contribution in [3.63, 3.8) is 0 Å². The predicted molar refractivity (Wildman–Crippen MR) is 108 cm³/mol. The van der Waals surface area contributed by atoms with Crippen LogP contribution in [0.4, 0.5) is 0 Å². The van der Waals surface area contributed by atoms with Crippen molar-refractivity contribution in [3.05, 3.63) is 90.9 Å². The maximum absolute atomic E-state index is 12.8. The van der Waals surface area contributed by atoms with Crippen LogP contribution in [0, 0.1) is 0 Å². The van der Waals surface area contributed by atoms with Gasteiger partial charge in [-0.2, -0.15) is 0 Å². The summed E-state index contributed by atoms with van der Waals surface area (Å²) >= 11 is 25.2. The average molecular weight is 456 g/mol. The Morgan fingerprint density at radius 1 is 0.679 bits per heavy atom. The van der Waals surface area contributed by atoms with Crippen molar-refractivity contribution >= 4 is 52.4 Å². The number of esters is 1. The lowest BCUT2D eigenvalue weighted by atomic mass is 9.79. The highest BCUT2D eigenvalue weighted by atomic mass is 35.5. The normalized spacial score (nSPS) is 14.6. The second-order valence-electron chi connectivity index (χ2n) is 6.17. The summed E-state index contributed by atoms with van der Waals surface area (Å²) in [6.45, 7) is 0. The number of halogens is 4. The molecule has 0 saturated heterocycles. The van der Waals surface area contributed by atoms with Crippen LogP contribution in [0.2, 0.25) is 20.1 Å². The first-order chi connectivity index (χ1) is 13.3. The lowest BCUT2D eigenvalue weighted by Crippen LogP contribution is -2.29. The average Bonchev–Trinajstić information content (AvgIpc) is 3.00. The van der Waals surface area contributed by atoms with E-state index in [4.69, 9.17) is 51.1 Å². The van der Waals surface area contributed by atoms with Crippen LogP contribution in [0.5, 0.6) is 11.5 Å². The summed E-state index contributed by atoms with van der Waals surface area (Å²) in [7, 11) is 0. The highest BCUT2D eigenvalue weighted by Crippen LogP contribution is 2.55. The van der Waals surface area contributed by atoms with E-state index in [9.17, 15) is 15.0 Å². The van der Waals surface area contributed by atoms with Gasteiger partial charge in [-0.25, -0.2) is 4.79 Å². The molecule has 0 atom stereocenters. The van der Waals surface area contributed by atoms with Crippen LogP contribution < -0.4 is 0 Å². The fourth-order valence-electron chi connectivity index (χ4n) is 3.36. The Balaban J connectivity index is 2.15. The molecular formula is C20H10Cl4O4. The Morgan fingerprint density at radius 2 is 1.11 bits per heavy atom. The molecule has 0 radical (unpaired) electrons.